The summed E-state index contributed by atoms with van der Waals surface area (Å²) in [7, 11) is 2.01. The fraction of sp³-hybridized carbons (Fsp3) is 0.368. The van der Waals surface area contributed by atoms with E-state index in [1.165, 1.54) is 16.7 Å². The lowest BCUT2D eigenvalue weighted by Crippen LogP contribution is -2.18. The molecule has 0 aliphatic heterocycles. The Morgan fingerprint density at radius 1 is 1.00 bits per heavy atom. The summed E-state index contributed by atoms with van der Waals surface area (Å²) in [5, 5.41) is 3.40. The molecule has 0 aliphatic carbocycles. The highest BCUT2D eigenvalue weighted by atomic mass is 16.5. The molecule has 0 amide bonds. The van der Waals surface area contributed by atoms with Crippen molar-refractivity contribution in [2.24, 2.45) is 0 Å². The molecule has 0 fully saturated rings. The van der Waals surface area contributed by atoms with Crippen LogP contribution in [0.2, 0.25) is 0 Å². The fourth-order valence-corrected chi connectivity index (χ4v) is 2.36. The van der Waals surface area contributed by atoms with Gasteiger partial charge in [-0.15, -0.1) is 0 Å². The van der Waals surface area contributed by atoms with Crippen LogP contribution >= 0.6 is 0 Å². The summed E-state index contributed by atoms with van der Waals surface area (Å²) < 4.78 is 5.63. The number of hydrogen-bond donors (Lipinski definition) is 1. The zero-order valence-electron chi connectivity index (χ0n) is 13.2. The molecule has 1 unspecified atom stereocenters. The number of hydrogen-bond acceptors (Lipinski definition) is 2. The van der Waals surface area contributed by atoms with Gasteiger partial charge in [0.05, 0.1) is 6.61 Å². The Morgan fingerprint density at radius 3 is 2.24 bits per heavy atom. The largest absolute Gasteiger partial charge is 0.494 e. The summed E-state index contributed by atoms with van der Waals surface area (Å²) in [6.45, 7) is 5.01. The van der Waals surface area contributed by atoms with E-state index in [0.717, 1.165) is 25.2 Å². The van der Waals surface area contributed by atoms with E-state index in [2.05, 4.69) is 67.7 Å². The second kappa shape index (κ2) is 7.84. The summed E-state index contributed by atoms with van der Waals surface area (Å²) in [6.07, 6.45) is 2.03. The standard InChI is InChI=1S/C19H25NO/c1-4-13-21-18-11-9-17(10-12-18)19(20-3)14-16-7-5-15(2)6-8-16/h5-12,19-20H,4,13-14H2,1-3H3. The van der Waals surface area contributed by atoms with Crippen LogP contribution in [-0.4, -0.2) is 13.7 Å². The van der Waals surface area contributed by atoms with Gasteiger partial charge in [-0.1, -0.05) is 48.9 Å². The van der Waals surface area contributed by atoms with Crippen molar-refractivity contribution in [3.8, 4) is 5.75 Å². The highest BCUT2D eigenvalue weighted by Crippen LogP contribution is 2.21. The van der Waals surface area contributed by atoms with Gasteiger partial charge in [0.25, 0.3) is 0 Å². The summed E-state index contributed by atoms with van der Waals surface area (Å²) in [4.78, 5) is 0. The van der Waals surface area contributed by atoms with E-state index in [0.29, 0.717) is 6.04 Å². The molecular weight excluding hydrogens is 258 g/mol. The molecule has 0 heterocycles. The second-order valence-electron chi connectivity index (χ2n) is 5.45. The van der Waals surface area contributed by atoms with Crippen molar-refractivity contribution in [3.05, 3.63) is 65.2 Å². The van der Waals surface area contributed by atoms with Gasteiger partial charge in [0.15, 0.2) is 0 Å². The van der Waals surface area contributed by atoms with Crippen molar-refractivity contribution >= 4 is 0 Å². The minimum Gasteiger partial charge on any atom is -0.494 e. The molecule has 0 aliphatic rings. The molecule has 112 valence electrons. The molecule has 21 heavy (non-hydrogen) atoms. The monoisotopic (exact) mass is 283 g/mol. The molecule has 0 saturated carbocycles. The first-order chi connectivity index (χ1) is 10.2. The van der Waals surface area contributed by atoms with E-state index in [4.69, 9.17) is 4.74 Å². The van der Waals surface area contributed by atoms with Gasteiger partial charge in [-0.2, -0.15) is 0 Å². The first-order valence-corrected chi connectivity index (χ1v) is 7.68. The Balaban J connectivity index is 2.04. The minimum atomic E-state index is 0.327. The van der Waals surface area contributed by atoms with E-state index < -0.39 is 0 Å². The van der Waals surface area contributed by atoms with Crippen LogP contribution < -0.4 is 10.1 Å². The third-order valence-corrected chi connectivity index (χ3v) is 3.66. The van der Waals surface area contributed by atoms with Gasteiger partial charge in [0.2, 0.25) is 0 Å². The SMILES string of the molecule is CCCOc1ccc(C(Cc2ccc(C)cc2)NC)cc1. The lowest BCUT2D eigenvalue weighted by Gasteiger charge is -2.17. The predicted molar refractivity (Wildman–Crippen MR) is 88.9 cm³/mol. The maximum atomic E-state index is 5.63. The maximum absolute atomic E-state index is 5.63. The average Bonchev–Trinajstić information content (AvgIpc) is 2.53. The zero-order chi connectivity index (χ0) is 15.1. The quantitative estimate of drug-likeness (QED) is 0.818. The third-order valence-electron chi connectivity index (χ3n) is 3.66. The Kier molecular flexibility index (Phi) is 5.82. The van der Waals surface area contributed by atoms with E-state index in [-0.39, 0.29) is 0 Å². The predicted octanol–water partition coefficient (Wildman–Crippen LogP) is 4.29. The maximum Gasteiger partial charge on any atom is 0.119 e. The molecule has 2 aromatic rings. The van der Waals surface area contributed by atoms with E-state index in [9.17, 15) is 0 Å². The summed E-state index contributed by atoms with van der Waals surface area (Å²) in [5.41, 5.74) is 3.95. The molecular formula is C19H25NO. The fourth-order valence-electron chi connectivity index (χ4n) is 2.36. The molecule has 1 N–H and O–H groups in total. The van der Waals surface area contributed by atoms with Crippen molar-refractivity contribution in [1.82, 2.24) is 5.32 Å². The number of nitrogens with one attached hydrogen (secondary N) is 1. The highest BCUT2D eigenvalue weighted by molar-refractivity contribution is 5.31. The molecule has 2 heteroatoms. The third kappa shape index (κ3) is 4.61. The number of benzene rings is 2. The summed E-state index contributed by atoms with van der Waals surface area (Å²) in [5.74, 6) is 0.950. The van der Waals surface area contributed by atoms with E-state index in [1.54, 1.807) is 0 Å². The molecule has 0 saturated heterocycles. The molecule has 2 rings (SSSR count). The van der Waals surface area contributed by atoms with E-state index in [1.807, 2.05) is 7.05 Å². The van der Waals surface area contributed by atoms with Crippen LogP contribution in [0.25, 0.3) is 0 Å². The van der Waals surface area contributed by atoms with Crippen LogP contribution in [0, 0.1) is 6.92 Å². The number of ether oxygens (including phenoxy) is 1. The van der Waals surface area contributed by atoms with Crippen molar-refractivity contribution in [2.75, 3.05) is 13.7 Å². The van der Waals surface area contributed by atoms with Gasteiger partial charge in [-0.3, -0.25) is 0 Å². The Bertz CT molecular complexity index is 530. The molecule has 1 atom stereocenters. The van der Waals surface area contributed by atoms with Gasteiger partial charge in [0.1, 0.15) is 5.75 Å². The highest BCUT2D eigenvalue weighted by Gasteiger charge is 2.10. The van der Waals surface area contributed by atoms with Crippen LogP contribution in [0.15, 0.2) is 48.5 Å². The van der Waals surface area contributed by atoms with E-state index >= 15 is 0 Å². The Hall–Kier alpha value is -1.80. The number of likely N-dealkylation sites (N-methyl/N-ethyl adjacent to an activating group) is 1. The molecule has 0 spiro atoms. The van der Waals surface area contributed by atoms with Gasteiger partial charge >= 0.3 is 0 Å². The van der Waals surface area contributed by atoms with Gasteiger partial charge in [-0.05, 0) is 50.1 Å². The molecule has 2 aromatic carbocycles. The Morgan fingerprint density at radius 2 is 1.67 bits per heavy atom. The second-order valence-corrected chi connectivity index (χ2v) is 5.45. The first-order valence-electron chi connectivity index (χ1n) is 7.68. The van der Waals surface area contributed by atoms with Crippen LogP contribution in [0.5, 0.6) is 5.75 Å². The normalized spacial score (nSPS) is 12.1. The number of aryl methyl sites for hydroxylation is 1. The Labute approximate surface area is 128 Å². The first kappa shape index (κ1) is 15.6. The van der Waals surface area contributed by atoms with Crippen LogP contribution in [0.4, 0.5) is 0 Å². The van der Waals surface area contributed by atoms with Crippen molar-refractivity contribution < 1.29 is 4.74 Å². The smallest absolute Gasteiger partial charge is 0.119 e. The summed E-state index contributed by atoms with van der Waals surface area (Å²) >= 11 is 0. The van der Waals surface area contributed by atoms with Crippen LogP contribution in [0.3, 0.4) is 0 Å². The van der Waals surface area contributed by atoms with Crippen molar-refractivity contribution in [2.45, 2.75) is 32.7 Å². The topological polar surface area (TPSA) is 21.3 Å². The molecule has 0 aromatic heterocycles. The molecule has 0 radical (unpaired) electrons. The average molecular weight is 283 g/mol. The lowest BCUT2D eigenvalue weighted by atomic mass is 9.98. The summed E-state index contributed by atoms with van der Waals surface area (Å²) in [6, 6.07) is 17.5. The molecule has 2 nitrogen and oxygen atoms in total. The van der Waals surface area contributed by atoms with Gasteiger partial charge in [-0.25, -0.2) is 0 Å². The molecule has 0 bridgehead atoms. The lowest BCUT2D eigenvalue weighted by molar-refractivity contribution is 0.317. The van der Waals surface area contributed by atoms with Crippen LogP contribution in [0.1, 0.15) is 36.1 Å². The number of rotatable bonds is 7. The van der Waals surface area contributed by atoms with Crippen molar-refractivity contribution in [1.29, 1.82) is 0 Å². The van der Waals surface area contributed by atoms with Gasteiger partial charge < -0.3 is 10.1 Å². The van der Waals surface area contributed by atoms with Crippen LogP contribution in [-0.2, 0) is 6.42 Å². The van der Waals surface area contributed by atoms with Gasteiger partial charge in [0, 0.05) is 6.04 Å². The zero-order valence-corrected chi connectivity index (χ0v) is 13.2. The van der Waals surface area contributed by atoms with Crippen molar-refractivity contribution in [3.63, 3.8) is 0 Å². The minimum absolute atomic E-state index is 0.327.